The van der Waals surface area contributed by atoms with Gasteiger partial charge >= 0.3 is 0 Å². The van der Waals surface area contributed by atoms with Gasteiger partial charge in [-0.05, 0) is 40.5 Å². The summed E-state index contributed by atoms with van der Waals surface area (Å²) in [5.74, 6) is 0. The summed E-state index contributed by atoms with van der Waals surface area (Å²) in [7, 11) is 0. The average Bonchev–Trinajstić information content (AvgIpc) is 3.01. The Balaban J connectivity index is 2.03. The molecule has 112 valence electrons. The molecule has 0 bridgehead atoms. The normalized spacial score (nSPS) is 15.1. The quantitative estimate of drug-likeness (QED) is 0.358. The molecule has 0 atom stereocenters. The lowest BCUT2D eigenvalue weighted by molar-refractivity contribution is 0.656. The molecule has 0 unspecified atom stereocenters. The Morgan fingerprint density at radius 1 is 0.870 bits per heavy atom. The van der Waals surface area contributed by atoms with Crippen molar-refractivity contribution in [1.29, 1.82) is 0 Å². The molecule has 0 amide bonds. The number of benzene rings is 3. The topological polar surface area (TPSA) is 13.1 Å². The molecule has 1 aromatic heterocycles. The highest BCUT2D eigenvalue weighted by atomic mass is 35.5. The summed E-state index contributed by atoms with van der Waals surface area (Å²) in [6.45, 7) is 4.59. The minimum atomic E-state index is 0.0101. The van der Waals surface area contributed by atoms with Crippen molar-refractivity contribution < 1.29 is 4.42 Å². The molecule has 5 rings (SSSR count). The van der Waals surface area contributed by atoms with Crippen molar-refractivity contribution in [2.45, 2.75) is 19.3 Å². The van der Waals surface area contributed by atoms with E-state index in [4.69, 9.17) is 16.0 Å². The molecular formula is C21H15ClO. The summed E-state index contributed by atoms with van der Waals surface area (Å²) >= 11 is 6.13. The molecule has 23 heavy (non-hydrogen) atoms. The van der Waals surface area contributed by atoms with Crippen LogP contribution in [0.5, 0.6) is 0 Å². The summed E-state index contributed by atoms with van der Waals surface area (Å²) in [4.78, 5) is 0. The van der Waals surface area contributed by atoms with Gasteiger partial charge in [0, 0.05) is 27.3 Å². The van der Waals surface area contributed by atoms with Gasteiger partial charge in [0.1, 0.15) is 11.2 Å². The summed E-state index contributed by atoms with van der Waals surface area (Å²) in [6, 6.07) is 18.9. The largest absolute Gasteiger partial charge is 0.456 e. The van der Waals surface area contributed by atoms with E-state index >= 15 is 0 Å². The first-order valence-corrected chi connectivity index (χ1v) is 8.20. The van der Waals surface area contributed by atoms with Gasteiger partial charge in [-0.2, -0.15) is 0 Å². The smallest absolute Gasteiger partial charge is 0.136 e. The van der Waals surface area contributed by atoms with Crippen molar-refractivity contribution in [2.24, 2.45) is 0 Å². The van der Waals surface area contributed by atoms with Crippen molar-refractivity contribution >= 4 is 33.5 Å². The van der Waals surface area contributed by atoms with Crippen LogP contribution in [0.2, 0.25) is 5.02 Å². The van der Waals surface area contributed by atoms with Crippen LogP contribution < -0.4 is 0 Å². The van der Waals surface area contributed by atoms with Gasteiger partial charge in [0.2, 0.25) is 0 Å². The van der Waals surface area contributed by atoms with E-state index < -0.39 is 0 Å². The second kappa shape index (κ2) is 4.18. The van der Waals surface area contributed by atoms with Crippen LogP contribution in [0.1, 0.15) is 25.0 Å². The maximum Gasteiger partial charge on any atom is 0.136 e. The van der Waals surface area contributed by atoms with Gasteiger partial charge in [-0.3, -0.25) is 0 Å². The maximum atomic E-state index is 6.13. The lowest BCUT2D eigenvalue weighted by Gasteiger charge is -2.21. The van der Waals surface area contributed by atoms with E-state index in [0.29, 0.717) is 5.02 Å². The van der Waals surface area contributed by atoms with E-state index in [1.807, 2.05) is 12.1 Å². The monoisotopic (exact) mass is 318 g/mol. The first-order chi connectivity index (χ1) is 11.1. The van der Waals surface area contributed by atoms with Gasteiger partial charge in [0.25, 0.3) is 0 Å². The summed E-state index contributed by atoms with van der Waals surface area (Å²) in [6.07, 6.45) is 0. The summed E-state index contributed by atoms with van der Waals surface area (Å²) in [5, 5.41) is 3.04. The average molecular weight is 319 g/mol. The van der Waals surface area contributed by atoms with Crippen molar-refractivity contribution in [3.63, 3.8) is 0 Å². The molecule has 0 saturated heterocycles. The third-order valence-electron chi connectivity index (χ3n) is 5.14. The fourth-order valence-corrected chi connectivity index (χ4v) is 4.20. The number of hydrogen-bond donors (Lipinski definition) is 0. The fourth-order valence-electron chi connectivity index (χ4n) is 4.03. The molecule has 1 aliphatic rings. The maximum absolute atomic E-state index is 6.13. The molecule has 0 fully saturated rings. The van der Waals surface area contributed by atoms with E-state index in [1.54, 1.807) is 0 Å². The highest BCUT2D eigenvalue weighted by Gasteiger charge is 2.36. The lowest BCUT2D eigenvalue weighted by Crippen LogP contribution is -2.14. The molecule has 4 aromatic rings. The van der Waals surface area contributed by atoms with Gasteiger partial charge < -0.3 is 4.42 Å². The molecule has 1 heterocycles. The Bertz CT molecular complexity index is 1100. The van der Waals surface area contributed by atoms with Crippen molar-refractivity contribution in [2.75, 3.05) is 0 Å². The van der Waals surface area contributed by atoms with E-state index in [2.05, 4.69) is 56.3 Å². The first kappa shape index (κ1) is 13.2. The van der Waals surface area contributed by atoms with Gasteiger partial charge in [-0.25, -0.2) is 0 Å². The van der Waals surface area contributed by atoms with Crippen LogP contribution in [0.25, 0.3) is 33.1 Å². The van der Waals surface area contributed by atoms with Crippen LogP contribution in [-0.2, 0) is 5.41 Å². The number of fused-ring (bicyclic) bond motifs is 7. The van der Waals surface area contributed by atoms with Crippen LogP contribution in [0.4, 0.5) is 0 Å². The Labute approximate surface area is 139 Å². The Morgan fingerprint density at radius 2 is 1.70 bits per heavy atom. The van der Waals surface area contributed by atoms with Gasteiger partial charge in [-0.1, -0.05) is 55.8 Å². The molecule has 0 saturated carbocycles. The van der Waals surface area contributed by atoms with Crippen molar-refractivity contribution in [3.05, 3.63) is 70.7 Å². The van der Waals surface area contributed by atoms with Gasteiger partial charge in [0.15, 0.2) is 0 Å². The number of furan rings is 1. The number of rotatable bonds is 0. The number of halogens is 1. The highest BCUT2D eigenvalue weighted by Crippen LogP contribution is 2.52. The SMILES string of the molecule is CC1(C)c2ccccc2-c2c1ccc1oc3cc(Cl)ccc3c21. The predicted octanol–water partition coefficient (Wildman–Crippen LogP) is 6.55. The van der Waals surface area contributed by atoms with Crippen molar-refractivity contribution in [1.82, 2.24) is 0 Å². The second-order valence-electron chi connectivity index (χ2n) is 6.77. The third-order valence-corrected chi connectivity index (χ3v) is 5.38. The molecule has 0 N–H and O–H groups in total. The van der Waals surface area contributed by atoms with Crippen LogP contribution in [0, 0.1) is 0 Å². The fraction of sp³-hybridized carbons (Fsp3) is 0.143. The molecule has 1 aliphatic carbocycles. The lowest BCUT2D eigenvalue weighted by atomic mass is 9.82. The van der Waals surface area contributed by atoms with Crippen LogP contribution >= 0.6 is 11.6 Å². The Morgan fingerprint density at radius 3 is 2.57 bits per heavy atom. The van der Waals surface area contributed by atoms with Crippen LogP contribution in [-0.4, -0.2) is 0 Å². The minimum absolute atomic E-state index is 0.0101. The molecule has 1 nitrogen and oxygen atoms in total. The zero-order valence-electron chi connectivity index (χ0n) is 13.0. The second-order valence-corrected chi connectivity index (χ2v) is 7.21. The predicted molar refractivity (Wildman–Crippen MR) is 96.3 cm³/mol. The zero-order chi connectivity index (χ0) is 15.8. The molecule has 3 aromatic carbocycles. The van der Waals surface area contributed by atoms with Crippen molar-refractivity contribution in [3.8, 4) is 11.1 Å². The van der Waals surface area contributed by atoms with Gasteiger partial charge in [-0.15, -0.1) is 0 Å². The summed E-state index contributed by atoms with van der Waals surface area (Å²) < 4.78 is 6.06. The third kappa shape index (κ3) is 1.58. The van der Waals surface area contributed by atoms with E-state index in [9.17, 15) is 0 Å². The highest BCUT2D eigenvalue weighted by molar-refractivity contribution is 6.31. The van der Waals surface area contributed by atoms with E-state index in [1.165, 1.54) is 27.6 Å². The first-order valence-electron chi connectivity index (χ1n) is 7.82. The van der Waals surface area contributed by atoms with Gasteiger partial charge in [0.05, 0.1) is 0 Å². The Kier molecular flexibility index (Phi) is 2.40. The zero-order valence-corrected chi connectivity index (χ0v) is 13.7. The molecule has 0 radical (unpaired) electrons. The molecule has 2 heteroatoms. The molecular weight excluding hydrogens is 304 g/mol. The van der Waals surface area contributed by atoms with Crippen LogP contribution in [0.15, 0.2) is 59.0 Å². The minimum Gasteiger partial charge on any atom is -0.456 e. The standard InChI is InChI=1S/C21H15ClO/c1-21(2)15-6-4-3-5-13(15)19-16(21)9-10-17-20(19)14-8-7-12(22)11-18(14)23-17/h3-11H,1-2H3. The molecule has 0 aliphatic heterocycles. The van der Waals surface area contributed by atoms with Crippen LogP contribution in [0.3, 0.4) is 0 Å². The number of hydrogen-bond acceptors (Lipinski definition) is 1. The summed E-state index contributed by atoms with van der Waals surface area (Å²) in [5.41, 5.74) is 7.15. The van der Waals surface area contributed by atoms with E-state index in [-0.39, 0.29) is 5.41 Å². The Hall–Kier alpha value is -2.25. The molecule has 0 spiro atoms. The van der Waals surface area contributed by atoms with E-state index in [0.717, 1.165) is 16.6 Å².